The first-order valence-electron chi connectivity index (χ1n) is 13.2. The standard InChI is InChI=1S/C27H36O11/c1-3-4-10-34-24-26(14-35-22(33)15-8-6-5-7-9-15)16-11-27(26,25(2,38-24)12-17(16)29)37-23-21(32)20(31)19(30)18(13-28)36-23/h5-9,16,18-21,23-24,28,30-32H,3-4,10-14H2,1-2H3/t16-,18+,19+,20-,21+,23-,24-,25-,26-,27-/m0/s1. The van der Waals surface area contributed by atoms with E-state index in [0.29, 0.717) is 12.2 Å². The van der Waals surface area contributed by atoms with Crippen LogP contribution in [0.25, 0.3) is 0 Å². The highest BCUT2D eigenvalue weighted by molar-refractivity contribution is 5.90. The maximum atomic E-state index is 13.3. The summed E-state index contributed by atoms with van der Waals surface area (Å²) in [5.41, 5.74) is -3.41. The minimum Gasteiger partial charge on any atom is -0.461 e. The molecule has 11 nitrogen and oxygen atoms in total. The second-order valence-corrected chi connectivity index (χ2v) is 10.9. The van der Waals surface area contributed by atoms with Crippen molar-refractivity contribution in [1.29, 1.82) is 0 Å². The number of ketones is 1. The summed E-state index contributed by atoms with van der Waals surface area (Å²) in [4.78, 5) is 26.2. The van der Waals surface area contributed by atoms with Gasteiger partial charge in [-0.1, -0.05) is 31.5 Å². The molecule has 2 heterocycles. The van der Waals surface area contributed by atoms with Crippen molar-refractivity contribution < 1.29 is 53.7 Å². The van der Waals surface area contributed by atoms with Gasteiger partial charge in [0.15, 0.2) is 12.6 Å². The van der Waals surface area contributed by atoms with Gasteiger partial charge in [0.1, 0.15) is 48.0 Å². The summed E-state index contributed by atoms with van der Waals surface area (Å²) in [5, 5.41) is 41.0. The number of ether oxygens (including phenoxy) is 5. The third-order valence-corrected chi connectivity index (χ3v) is 8.79. The van der Waals surface area contributed by atoms with Crippen LogP contribution in [0.1, 0.15) is 49.9 Å². The van der Waals surface area contributed by atoms with Crippen LogP contribution in [0, 0.1) is 11.3 Å². The van der Waals surface area contributed by atoms with Crippen LogP contribution in [0.5, 0.6) is 0 Å². The lowest BCUT2D eigenvalue weighted by atomic mass is 9.41. The molecule has 6 rings (SSSR count). The van der Waals surface area contributed by atoms with Gasteiger partial charge in [0.2, 0.25) is 0 Å². The Morgan fingerprint density at radius 3 is 2.55 bits per heavy atom. The Bertz CT molecular complexity index is 1030. The SMILES string of the molecule is CCCCO[C@H]1O[C@@]2(C)CC(=O)[C@@H]3C[C@@]2(O[C@@H]2O[C@H](CO)[C@@H](O)[C@H](O)[C@H]2O)[C@]13COC(=O)c1ccccc1. The number of carbonyl (C=O) groups is 2. The quantitative estimate of drug-likeness (QED) is 0.241. The summed E-state index contributed by atoms with van der Waals surface area (Å²) in [6.07, 6.45) is -6.59. The summed E-state index contributed by atoms with van der Waals surface area (Å²) >= 11 is 0. The molecule has 0 spiro atoms. The van der Waals surface area contributed by atoms with E-state index in [0.717, 1.165) is 12.8 Å². The van der Waals surface area contributed by atoms with E-state index in [-0.39, 0.29) is 25.2 Å². The number of hydrogen-bond acceptors (Lipinski definition) is 11. The van der Waals surface area contributed by atoms with Crippen LogP contribution < -0.4 is 0 Å². The first-order chi connectivity index (χ1) is 18.1. The fourth-order valence-corrected chi connectivity index (χ4v) is 6.64. The first kappa shape index (κ1) is 27.6. The van der Waals surface area contributed by atoms with Crippen LogP contribution in [-0.2, 0) is 28.5 Å². The minimum absolute atomic E-state index is 0.0110. The molecule has 1 aromatic rings. The summed E-state index contributed by atoms with van der Waals surface area (Å²) < 4.78 is 30.5. The average Bonchev–Trinajstić information content (AvgIpc) is 2.98. The number of Topliss-reactive ketones (excluding diaryl/α,β-unsaturated/α-hetero) is 1. The topological polar surface area (TPSA) is 161 Å². The van der Waals surface area contributed by atoms with E-state index < -0.39 is 72.1 Å². The zero-order valence-corrected chi connectivity index (χ0v) is 21.5. The van der Waals surface area contributed by atoms with Gasteiger partial charge in [0.25, 0.3) is 0 Å². The van der Waals surface area contributed by atoms with E-state index in [2.05, 4.69) is 0 Å². The fourth-order valence-electron chi connectivity index (χ4n) is 6.64. The Hall–Kier alpha value is -1.96. The Morgan fingerprint density at radius 1 is 1.13 bits per heavy atom. The van der Waals surface area contributed by atoms with Crippen molar-refractivity contribution >= 4 is 11.8 Å². The second-order valence-electron chi connectivity index (χ2n) is 10.9. The molecule has 10 atom stereocenters. The smallest absolute Gasteiger partial charge is 0.338 e. The van der Waals surface area contributed by atoms with Crippen molar-refractivity contribution in [2.45, 2.75) is 87.7 Å². The van der Waals surface area contributed by atoms with Crippen LogP contribution in [0.2, 0.25) is 0 Å². The number of fused-ring (bicyclic) bond motifs is 1. The molecule has 3 saturated carbocycles. The minimum atomic E-state index is -1.65. The summed E-state index contributed by atoms with van der Waals surface area (Å²) in [6.45, 7) is 3.22. The summed E-state index contributed by atoms with van der Waals surface area (Å²) in [5.74, 6) is -1.25. The lowest BCUT2D eigenvalue weighted by Crippen LogP contribution is -2.80. The van der Waals surface area contributed by atoms with Crippen molar-refractivity contribution in [3.8, 4) is 0 Å². The van der Waals surface area contributed by atoms with Gasteiger partial charge in [-0.25, -0.2) is 4.79 Å². The monoisotopic (exact) mass is 536 g/mol. The number of benzene rings is 1. The van der Waals surface area contributed by atoms with Crippen LogP contribution in [0.3, 0.4) is 0 Å². The van der Waals surface area contributed by atoms with E-state index >= 15 is 0 Å². The van der Waals surface area contributed by atoms with Crippen molar-refractivity contribution in [3.63, 3.8) is 0 Å². The number of aliphatic hydroxyl groups is 4. The van der Waals surface area contributed by atoms with Crippen molar-refractivity contribution in [1.82, 2.24) is 0 Å². The maximum Gasteiger partial charge on any atom is 0.338 e. The number of hydrogen-bond donors (Lipinski definition) is 4. The molecule has 2 saturated heterocycles. The van der Waals surface area contributed by atoms with E-state index in [9.17, 15) is 30.0 Å². The van der Waals surface area contributed by atoms with Gasteiger partial charge >= 0.3 is 5.97 Å². The highest BCUT2D eigenvalue weighted by Crippen LogP contribution is 2.74. The third-order valence-electron chi connectivity index (χ3n) is 8.79. The molecule has 1 aromatic carbocycles. The number of carbonyl (C=O) groups excluding carboxylic acids is 2. The van der Waals surface area contributed by atoms with Crippen LogP contribution >= 0.6 is 0 Å². The van der Waals surface area contributed by atoms with Gasteiger partial charge in [0.05, 0.1) is 17.6 Å². The average molecular weight is 537 g/mol. The molecular formula is C27H36O11. The summed E-state index contributed by atoms with van der Waals surface area (Å²) in [7, 11) is 0. The van der Waals surface area contributed by atoms with Gasteiger partial charge in [-0.3, -0.25) is 4.79 Å². The van der Waals surface area contributed by atoms with Crippen LogP contribution in [0.4, 0.5) is 0 Å². The lowest BCUT2D eigenvalue weighted by Gasteiger charge is -2.66. The molecule has 0 amide bonds. The zero-order chi connectivity index (χ0) is 27.3. The number of esters is 1. The number of unbranched alkanes of at least 4 members (excludes halogenated alkanes) is 1. The Labute approximate surface area is 220 Å². The summed E-state index contributed by atoms with van der Waals surface area (Å²) in [6, 6.07) is 8.45. The van der Waals surface area contributed by atoms with Crippen molar-refractivity contribution in [2.24, 2.45) is 11.3 Å². The lowest BCUT2D eigenvalue weighted by molar-refractivity contribution is -0.382. The Balaban J connectivity index is 1.49. The van der Waals surface area contributed by atoms with Gasteiger partial charge in [-0.05, 0) is 31.9 Å². The number of aliphatic hydroxyl groups excluding tert-OH is 4. The van der Waals surface area contributed by atoms with Crippen LogP contribution in [0.15, 0.2) is 30.3 Å². The molecule has 2 aliphatic heterocycles. The molecule has 38 heavy (non-hydrogen) atoms. The number of rotatable bonds is 10. The predicted octanol–water partition coefficient (Wildman–Crippen LogP) is 0.310. The van der Waals surface area contributed by atoms with E-state index in [1.807, 2.05) is 6.92 Å². The predicted molar refractivity (Wildman–Crippen MR) is 129 cm³/mol. The van der Waals surface area contributed by atoms with E-state index in [1.54, 1.807) is 37.3 Å². The van der Waals surface area contributed by atoms with Gasteiger partial charge in [-0.2, -0.15) is 0 Å². The molecule has 5 fully saturated rings. The Morgan fingerprint density at radius 2 is 1.87 bits per heavy atom. The largest absolute Gasteiger partial charge is 0.461 e. The van der Waals surface area contributed by atoms with E-state index in [4.69, 9.17) is 23.7 Å². The van der Waals surface area contributed by atoms with Crippen molar-refractivity contribution in [3.05, 3.63) is 35.9 Å². The molecule has 0 unspecified atom stereocenters. The molecule has 3 aliphatic carbocycles. The molecular weight excluding hydrogens is 500 g/mol. The third kappa shape index (κ3) is 3.95. The van der Waals surface area contributed by atoms with Gasteiger partial charge in [-0.15, -0.1) is 0 Å². The molecule has 4 bridgehead atoms. The van der Waals surface area contributed by atoms with Crippen molar-refractivity contribution in [2.75, 3.05) is 19.8 Å². The molecule has 0 radical (unpaired) electrons. The highest BCUT2D eigenvalue weighted by Gasteiger charge is 2.87. The van der Waals surface area contributed by atoms with Gasteiger partial charge in [0, 0.05) is 18.9 Å². The molecule has 210 valence electrons. The zero-order valence-electron chi connectivity index (χ0n) is 21.5. The highest BCUT2D eigenvalue weighted by atomic mass is 16.8. The first-order valence-corrected chi connectivity index (χ1v) is 13.2. The Kier molecular flexibility index (Phi) is 7.42. The molecule has 4 N–H and O–H groups in total. The maximum absolute atomic E-state index is 13.3. The van der Waals surface area contributed by atoms with E-state index in [1.165, 1.54) is 0 Å². The molecule has 11 heteroatoms. The molecule has 0 aromatic heterocycles. The van der Waals surface area contributed by atoms with Crippen LogP contribution in [-0.4, -0.2) is 100 Å². The second kappa shape index (κ2) is 10.2. The fraction of sp³-hybridized carbons (Fsp3) is 0.704. The normalized spacial score (nSPS) is 43.5. The van der Waals surface area contributed by atoms with Gasteiger partial charge < -0.3 is 44.1 Å². The molecule has 5 aliphatic rings.